The fourth-order valence-corrected chi connectivity index (χ4v) is 1.61. The lowest BCUT2D eigenvalue weighted by molar-refractivity contribution is 0.102. The van der Waals surface area contributed by atoms with Crippen LogP contribution < -0.4 is 0 Å². The maximum Gasteiger partial charge on any atom is 0.173 e. The average molecular weight is 325 g/mol. The van der Waals surface area contributed by atoms with Crippen LogP contribution in [0.2, 0.25) is 0 Å². The number of ketones is 1. The predicted molar refractivity (Wildman–Crippen MR) is 57.3 cm³/mol. The normalized spacial score (nSPS) is 9.64. The lowest BCUT2D eigenvalue weighted by atomic mass is 10.2. The van der Waals surface area contributed by atoms with Gasteiger partial charge < -0.3 is 0 Å². The number of carbonyl (C=O) groups is 1. The van der Waals surface area contributed by atoms with Gasteiger partial charge in [0.1, 0.15) is 0 Å². The van der Waals surface area contributed by atoms with E-state index in [1.54, 1.807) is 0 Å². The monoisotopic (exact) mass is 324 g/mol. The van der Waals surface area contributed by atoms with Crippen molar-refractivity contribution in [1.29, 1.82) is 0 Å². The van der Waals surface area contributed by atoms with E-state index in [4.69, 9.17) is 0 Å². The topological polar surface area (TPSA) is 17.1 Å². The molecular formula is C8H6BrIO. The molecule has 58 valence electrons. The molecule has 0 bridgehead atoms. The van der Waals surface area contributed by atoms with Crippen molar-refractivity contribution >= 4 is 44.3 Å². The second kappa shape index (κ2) is 4.21. The molecule has 0 unspecified atom stereocenters. The molecule has 0 amide bonds. The van der Waals surface area contributed by atoms with Crippen molar-refractivity contribution in [3.05, 3.63) is 33.4 Å². The Hall–Kier alpha value is 0.100. The van der Waals surface area contributed by atoms with Crippen molar-refractivity contribution in [2.24, 2.45) is 0 Å². The summed E-state index contributed by atoms with van der Waals surface area (Å²) in [4.78, 5) is 11.1. The Morgan fingerprint density at radius 1 is 1.55 bits per heavy atom. The second-order valence-corrected chi connectivity index (χ2v) is 3.87. The molecule has 1 aromatic carbocycles. The summed E-state index contributed by atoms with van der Waals surface area (Å²) in [6, 6.07) is 7.55. The lowest BCUT2D eigenvalue weighted by Crippen LogP contribution is -1.99. The number of hydrogen-bond donors (Lipinski definition) is 0. The zero-order chi connectivity index (χ0) is 8.27. The van der Waals surface area contributed by atoms with E-state index >= 15 is 0 Å². The molecular weight excluding hydrogens is 319 g/mol. The average Bonchev–Trinajstić information content (AvgIpc) is 2.03. The minimum atomic E-state index is 0.128. The standard InChI is InChI=1S/C8H6BrIO/c9-5-8(11)6-2-1-3-7(10)4-6/h1-4H,5H2. The van der Waals surface area contributed by atoms with Crippen molar-refractivity contribution in [1.82, 2.24) is 0 Å². The van der Waals surface area contributed by atoms with E-state index in [2.05, 4.69) is 38.5 Å². The molecule has 1 nitrogen and oxygen atoms in total. The minimum absolute atomic E-state index is 0.128. The van der Waals surface area contributed by atoms with Crippen LogP contribution in [0.4, 0.5) is 0 Å². The summed E-state index contributed by atoms with van der Waals surface area (Å²) in [5, 5.41) is 0.396. The summed E-state index contributed by atoms with van der Waals surface area (Å²) in [5.74, 6) is 0.128. The van der Waals surface area contributed by atoms with Crippen molar-refractivity contribution in [3.63, 3.8) is 0 Å². The molecule has 0 heterocycles. The first-order chi connectivity index (χ1) is 5.24. The molecule has 3 heteroatoms. The molecule has 0 aliphatic rings. The van der Waals surface area contributed by atoms with E-state index < -0.39 is 0 Å². The zero-order valence-corrected chi connectivity index (χ0v) is 9.42. The van der Waals surface area contributed by atoms with Gasteiger partial charge in [0.25, 0.3) is 0 Å². The maximum atomic E-state index is 11.1. The van der Waals surface area contributed by atoms with Crippen LogP contribution in [-0.4, -0.2) is 11.1 Å². The second-order valence-electron chi connectivity index (χ2n) is 2.07. The first-order valence-electron chi connectivity index (χ1n) is 3.09. The van der Waals surface area contributed by atoms with Crippen LogP contribution in [0.5, 0.6) is 0 Å². The molecule has 0 saturated heterocycles. The van der Waals surface area contributed by atoms with E-state index in [9.17, 15) is 4.79 Å². The zero-order valence-electron chi connectivity index (χ0n) is 5.68. The summed E-state index contributed by atoms with van der Waals surface area (Å²) in [7, 11) is 0. The van der Waals surface area contributed by atoms with Gasteiger partial charge in [-0.3, -0.25) is 4.79 Å². The Balaban J connectivity index is 2.96. The van der Waals surface area contributed by atoms with Gasteiger partial charge in [-0.15, -0.1) is 0 Å². The van der Waals surface area contributed by atoms with Crippen LogP contribution in [0.1, 0.15) is 10.4 Å². The Kier molecular flexibility index (Phi) is 3.51. The Morgan fingerprint density at radius 2 is 2.27 bits per heavy atom. The number of alkyl halides is 1. The molecule has 0 radical (unpaired) electrons. The molecule has 0 aliphatic heterocycles. The smallest absolute Gasteiger partial charge is 0.173 e. The third-order valence-electron chi connectivity index (χ3n) is 1.27. The molecule has 0 N–H and O–H groups in total. The van der Waals surface area contributed by atoms with Crippen LogP contribution in [-0.2, 0) is 0 Å². The van der Waals surface area contributed by atoms with Gasteiger partial charge in [0.05, 0.1) is 5.33 Å². The molecule has 0 aromatic heterocycles. The molecule has 0 fully saturated rings. The number of halogens is 2. The third-order valence-corrected chi connectivity index (χ3v) is 2.45. The summed E-state index contributed by atoms with van der Waals surface area (Å²) in [5.41, 5.74) is 0.772. The van der Waals surface area contributed by atoms with Gasteiger partial charge in [-0.2, -0.15) is 0 Å². The molecule has 1 rings (SSSR count). The minimum Gasteiger partial charge on any atom is -0.293 e. The van der Waals surface area contributed by atoms with Crippen LogP contribution >= 0.6 is 38.5 Å². The summed E-state index contributed by atoms with van der Waals surface area (Å²) in [6.45, 7) is 0. The van der Waals surface area contributed by atoms with Gasteiger partial charge >= 0.3 is 0 Å². The Labute approximate surface area is 87.5 Å². The third kappa shape index (κ3) is 2.56. The van der Waals surface area contributed by atoms with E-state index in [-0.39, 0.29) is 5.78 Å². The molecule has 0 saturated carbocycles. The summed E-state index contributed by atoms with van der Waals surface area (Å²) in [6.07, 6.45) is 0. The largest absolute Gasteiger partial charge is 0.293 e. The van der Waals surface area contributed by atoms with Gasteiger partial charge in [-0.25, -0.2) is 0 Å². The molecule has 0 spiro atoms. The summed E-state index contributed by atoms with van der Waals surface area (Å²) >= 11 is 5.31. The number of rotatable bonds is 2. The molecule has 0 aliphatic carbocycles. The highest BCUT2D eigenvalue weighted by Crippen LogP contribution is 2.08. The maximum absolute atomic E-state index is 11.1. The number of carbonyl (C=O) groups excluding carboxylic acids is 1. The highest BCUT2D eigenvalue weighted by molar-refractivity contribution is 14.1. The van der Waals surface area contributed by atoms with Crippen molar-refractivity contribution < 1.29 is 4.79 Å². The van der Waals surface area contributed by atoms with E-state index in [0.717, 1.165) is 9.13 Å². The number of benzene rings is 1. The highest BCUT2D eigenvalue weighted by atomic mass is 127. The molecule has 1 aromatic rings. The van der Waals surface area contributed by atoms with Gasteiger partial charge in [-0.05, 0) is 34.7 Å². The van der Waals surface area contributed by atoms with Crippen LogP contribution in [0.25, 0.3) is 0 Å². The van der Waals surface area contributed by atoms with Crippen molar-refractivity contribution in [2.75, 3.05) is 5.33 Å². The Morgan fingerprint density at radius 3 is 2.82 bits per heavy atom. The van der Waals surface area contributed by atoms with Crippen molar-refractivity contribution in [3.8, 4) is 0 Å². The van der Waals surface area contributed by atoms with Gasteiger partial charge in [0.15, 0.2) is 5.78 Å². The fraction of sp³-hybridized carbons (Fsp3) is 0.125. The van der Waals surface area contributed by atoms with E-state index in [1.165, 1.54) is 0 Å². The van der Waals surface area contributed by atoms with Crippen molar-refractivity contribution in [2.45, 2.75) is 0 Å². The van der Waals surface area contributed by atoms with Gasteiger partial charge in [0.2, 0.25) is 0 Å². The number of Topliss-reactive ketones (excluding diaryl/α,β-unsaturated/α-hetero) is 1. The van der Waals surface area contributed by atoms with Gasteiger partial charge in [0, 0.05) is 9.13 Å². The first-order valence-corrected chi connectivity index (χ1v) is 5.29. The highest BCUT2D eigenvalue weighted by Gasteiger charge is 2.02. The molecule has 0 atom stereocenters. The van der Waals surface area contributed by atoms with Crippen LogP contribution in [0.15, 0.2) is 24.3 Å². The lowest BCUT2D eigenvalue weighted by Gasteiger charge is -1.96. The first kappa shape index (κ1) is 9.19. The number of hydrogen-bond acceptors (Lipinski definition) is 1. The summed E-state index contributed by atoms with van der Waals surface area (Å²) < 4.78 is 1.09. The predicted octanol–water partition coefficient (Wildman–Crippen LogP) is 2.87. The Bertz CT molecular complexity index is 273. The SMILES string of the molecule is O=C(CBr)c1cccc(I)c1. The van der Waals surface area contributed by atoms with E-state index in [1.807, 2.05) is 24.3 Å². The quantitative estimate of drug-likeness (QED) is 0.464. The van der Waals surface area contributed by atoms with Crippen LogP contribution in [0.3, 0.4) is 0 Å². The molecule has 11 heavy (non-hydrogen) atoms. The fourth-order valence-electron chi connectivity index (χ4n) is 0.739. The van der Waals surface area contributed by atoms with E-state index in [0.29, 0.717) is 5.33 Å². The van der Waals surface area contributed by atoms with Crippen LogP contribution in [0, 0.1) is 3.57 Å². The van der Waals surface area contributed by atoms with Gasteiger partial charge in [-0.1, -0.05) is 28.1 Å².